The van der Waals surface area contributed by atoms with Crippen molar-refractivity contribution in [1.29, 1.82) is 0 Å². The van der Waals surface area contributed by atoms with Crippen molar-refractivity contribution >= 4 is 17.6 Å². The zero-order valence-electron chi connectivity index (χ0n) is 11.9. The van der Waals surface area contributed by atoms with Crippen molar-refractivity contribution in [3.05, 3.63) is 11.4 Å². The molecule has 0 bridgehead atoms. The second kappa shape index (κ2) is 6.38. The minimum Gasteiger partial charge on any atom is -0.396 e. The topological polar surface area (TPSA) is 58.0 Å². The molecule has 0 amide bonds. The number of nitrogens with zero attached hydrogens (tertiary/aromatic N) is 2. The van der Waals surface area contributed by atoms with Crippen LogP contribution in [-0.4, -0.2) is 34.5 Å². The molecule has 0 fully saturated rings. The molecule has 0 atom stereocenters. The molecule has 0 spiro atoms. The van der Waals surface area contributed by atoms with Crippen LogP contribution in [0.1, 0.15) is 38.6 Å². The summed E-state index contributed by atoms with van der Waals surface area (Å²) in [5, 5.41) is 13.0. The van der Waals surface area contributed by atoms with E-state index in [1.165, 1.54) is 0 Å². The lowest BCUT2D eigenvalue weighted by Crippen LogP contribution is -2.18. The molecule has 4 nitrogen and oxygen atoms in total. The molecule has 0 saturated carbocycles. The number of anilines is 1. The highest BCUT2D eigenvalue weighted by molar-refractivity contribution is 7.99. The molecule has 5 heteroatoms. The van der Waals surface area contributed by atoms with Crippen LogP contribution in [0.3, 0.4) is 0 Å². The van der Waals surface area contributed by atoms with Crippen molar-refractivity contribution in [2.45, 2.75) is 44.6 Å². The van der Waals surface area contributed by atoms with E-state index in [-0.39, 0.29) is 12.0 Å². The van der Waals surface area contributed by atoms with Crippen LogP contribution in [0.4, 0.5) is 5.82 Å². The van der Waals surface area contributed by atoms with Gasteiger partial charge in [-0.2, -0.15) is 0 Å². The van der Waals surface area contributed by atoms with E-state index >= 15 is 0 Å². The highest BCUT2D eigenvalue weighted by atomic mass is 32.2. The Kier molecular flexibility index (Phi) is 5.41. The summed E-state index contributed by atoms with van der Waals surface area (Å²) in [6.07, 6.45) is 0.786. The van der Waals surface area contributed by atoms with E-state index in [2.05, 4.69) is 36.1 Å². The number of rotatable bonds is 5. The maximum Gasteiger partial charge on any atom is 0.137 e. The van der Waals surface area contributed by atoms with Gasteiger partial charge in [-0.15, -0.1) is 11.8 Å². The summed E-state index contributed by atoms with van der Waals surface area (Å²) in [5.74, 6) is 2.62. The van der Waals surface area contributed by atoms with Gasteiger partial charge in [-0.1, -0.05) is 20.8 Å². The Morgan fingerprint density at radius 1 is 1.28 bits per heavy atom. The zero-order chi connectivity index (χ0) is 13.8. The highest BCUT2D eigenvalue weighted by Gasteiger charge is 2.20. The van der Waals surface area contributed by atoms with E-state index < -0.39 is 0 Å². The molecule has 0 radical (unpaired) electrons. The first-order valence-corrected chi connectivity index (χ1v) is 7.19. The number of aromatic nitrogens is 2. The minimum absolute atomic E-state index is 0.0639. The molecule has 0 aliphatic carbocycles. The highest BCUT2D eigenvalue weighted by Crippen LogP contribution is 2.29. The van der Waals surface area contributed by atoms with Gasteiger partial charge in [-0.25, -0.2) is 9.97 Å². The molecule has 18 heavy (non-hydrogen) atoms. The number of aliphatic hydroxyl groups is 1. The van der Waals surface area contributed by atoms with Crippen LogP contribution in [0, 0.1) is 6.92 Å². The first-order valence-electron chi connectivity index (χ1n) is 6.20. The molecule has 0 saturated heterocycles. The van der Waals surface area contributed by atoms with Crippen LogP contribution in [0.15, 0.2) is 5.03 Å². The van der Waals surface area contributed by atoms with Gasteiger partial charge < -0.3 is 10.4 Å². The second-order valence-electron chi connectivity index (χ2n) is 5.25. The van der Waals surface area contributed by atoms with E-state index in [9.17, 15) is 0 Å². The lowest BCUT2D eigenvalue weighted by molar-refractivity contribution is 0.296. The summed E-state index contributed by atoms with van der Waals surface area (Å²) in [6, 6.07) is 0. The van der Waals surface area contributed by atoms with Gasteiger partial charge >= 0.3 is 0 Å². The average molecular weight is 269 g/mol. The molecule has 2 N–H and O–H groups in total. The van der Waals surface area contributed by atoms with E-state index in [1.54, 1.807) is 11.8 Å². The largest absolute Gasteiger partial charge is 0.396 e. The predicted molar refractivity (Wildman–Crippen MR) is 77.4 cm³/mol. The summed E-state index contributed by atoms with van der Waals surface area (Å²) in [6.45, 7) is 8.58. The van der Waals surface area contributed by atoms with Crippen molar-refractivity contribution in [2.24, 2.45) is 0 Å². The SMILES string of the molecule is CNc1nc(C(C)(C)C)nc(SCCCO)c1C. The molecular formula is C13H23N3OS. The number of hydrogen-bond donors (Lipinski definition) is 2. The molecule has 102 valence electrons. The Balaban J connectivity index is 3.07. The van der Waals surface area contributed by atoms with Crippen molar-refractivity contribution in [2.75, 3.05) is 24.7 Å². The third-order valence-electron chi connectivity index (χ3n) is 2.55. The molecule has 0 aliphatic rings. The quantitative estimate of drug-likeness (QED) is 0.489. The Labute approximate surface area is 114 Å². The van der Waals surface area contributed by atoms with Crippen LogP contribution in [0.2, 0.25) is 0 Å². The Morgan fingerprint density at radius 2 is 1.94 bits per heavy atom. The standard InChI is InChI=1S/C13H23N3OS/c1-9-10(14-5)15-12(13(2,3)4)16-11(9)18-8-6-7-17/h17H,6-8H2,1-5H3,(H,14,15,16). The van der Waals surface area contributed by atoms with Gasteiger partial charge in [-0.05, 0) is 13.3 Å². The van der Waals surface area contributed by atoms with Gasteiger partial charge in [0, 0.05) is 30.4 Å². The van der Waals surface area contributed by atoms with E-state index in [0.717, 1.165) is 34.4 Å². The summed E-state index contributed by atoms with van der Waals surface area (Å²) in [5.41, 5.74) is 1.01. The Bertz CT molecular complexity index is 402. The lowest BCUT2D eigenvalue weighted by atomic mass is 9.95. The van der Waals surface area contributed by atoms with Crippen LogP contribution in [0.5, 0.6) is 0 Å². The van der Waals surface area contributed by atoms with Crippen molar-refractivity contribution in [1.82, 2.24) is 9.97 Å². The van der Waals surface area contributed by atoms with Crippen LogP contribution in [0.25, 0.3) is 0 Å². The number of nitrogens with one attached hydrogen (secondary N) is 1. The molecule has 1 rings (SSSR count). The monoisotopic (exact) mass is 269 g/mol. The second-order valence-corrected chi connectivity index (χ2v) is 6.34. The van der Waals surface area contributed by atoms with Crippen molar-refractivity contribution < 1.29 is 5.11 Å². The van der Waals surface area contributed by atoms with Crippen molar-refractivity contribution in [3.63, 3.8) is 0 Å². The fourth-order valence-corrected chi connectivity index (χ4v) is 2.38. The summed E-state index contributed by atoms with van der Waals surface area (Å²) in [4.78, 5) is 9.22. The van der Waals surface area contributed by atoms with Gasteiger partial charge in [0.25, 0.3) is 0 Å². The number of aliphatic hydroxyl groups excluding tert-OH is 1. The fraction of sp³-hybridized carbons (Fsp3) is 0.692. The fourth-order valence-electron chi connectivity index (χ4n) is 1.45. The first kappa shape index (κ1) is 15.2. The lowest BCUT2D eigenvalue weighted by Gasteiger charge is -2.20. The minimum atomic E-state index is -0.0639. The van der Waals surface area contributed by atoms with Crippen LogP contribution < -0.4 is 5.32 Å². The number of thioether (sulfide) groups is 1. The smallest absolute Gasteiger partial charge is 0.137 e. The van der Waals surface area contributed by atoms with Crippen LogP contribution >= 0.6 is 11.8 Å². The summed E-state index contributed by atoms with van der Waals surface area (Å²) >= 11 is 1.68. The van der Waals surface area contributed by atoms with Gasteiger partial charge in [-0.3, -0.25) is 0 Å². The van der Waals surface area contributed by atoms with Crippen molar-refractivity contribution in [3.8, 4) is 0 Å². The van der Waals surface area contributed by atoms with E-state index in [1.807, 2.05) is 14.0 Å². The normalized spacial score (nSPS) is 11.7. The van der Waals surface area contributed by atoms with E-state index in [0.29, 0.717) is 0 Å². The van der Waals surface area contributed by atoms with Gasteiger partial charge in [0.15, 0.2) is 0 Å². The summed E-state index contributed by atoms with van der Waals surface area (Å²) < 4.78 is 0. The Hall–Kier alpha value is -0.810. The molecule has 1 aromatic heterocycles. The molecule has 0 aliphatic heterocycles. The third kappa shape index (κ3) is 3.85. The van der Waals surface area contributed by atoms with Crippen LogP contribution in [-0.2, 0) is 5.41 Å². The van der Waals surface area contributed by atoms with Gasteiger partial charge in [0.2, 0.25) is 0 Å². The molecule has 1 heterocycles. The first-order chi connectivity index (χ1) is 8.40. The predicted octanol–water partition coefficient (Wildman–Crippen LogP) is 2.60. The summed E-state index contributed by atoms with van der Waals surface area (Å²) in [7, 11) is 1.88. The Morgan fingerprint density at radius 3 is 2.44 bits per heavy atom. The van der Waals surface area contributed by atoms with Gasteiger partial charge in [0.05, 0.1) is 0 Å². The number of hydrogen-bond acceptors (Lipinski definition) is 5. The van der Waals surface area contributed by atoms with E-state index in [4.69, 9.17) is 5.11 Å². The molecule has 1 aromatic rings. The molecular weight excluding hydrogens is 246 g/mol. The maximum atomic E-state index is 8.84. The molecule has 0 unspecified atom stereocenters. The van der Waals surface area contributed by atoms with Gasteiger partial charge in [0.1, 0.15) is 16.7 Å². The third-order valence-corrected chi connectivity index (χ3v) is 3.71. The zero-order valence-corrected chi connectivity index (χ0v) is 12.7. The maximum absolute atomic E-state index is 8.84. The average Bonchev–Trinajstić information content (AvgIpc) is 2.30. The molecule has 0 aromatic carbocycles.